The molecule has 3 nitrogen and oxygen atoms in total. The average molecular weight is 281 g/mol. The van der Waals surface area contributed by atoms with Crippen LogP contribution in [0.3, 0.4) is 0 Å². The molecule has 2 atom stereocenters. The van der Waals surface area contributed by atoms with Crippen LogP contribution in [0.1, 0.15) is 50.6 Å². The molecule has 1 aromatic rings. The van der Waals surface area contributed by atoms with Crippen LogP contribution in [0.2, 0.25) is 0 Å². The molecule has 0 amide bonds. The van der Waals surface area contributed by atoms with E-state index in [2.05, 4.69) is 37.9 Å². The summed E-state index contributed by atoms with van der Waals surface area (Å²) in [5.41, 5.74) is 1.28. The van der Waals surface area contributed by atoms with Crippen molar-refractivity contribution < 1.29 is 0 Å². The lowest BCUT2D eigenvalue weighted by Crippen LogP contribution is -2.38. The van der Waals surface area contributed by atoms with Crippen molar-refractivity contribution in [3.8, 4) is 0 Å². The normalized spacial score (nSPS) is 24.2. The maximum atomic E-state index is 4.92. The fourth-order valence-electron chi connectivity index (χ4n) is 2.66. The van der Waals surface area contributed by atoms with Gasteiger partial charge in [0.2, 0.25) is 0 Å². The number of anilines is 1. The molecule has 0 aromatic carbocycles. The van der Waals surface area contributed by atoms with E-state index in [0.717, 1.165) is 31.5 Å². The highest BCUT2D eigenvalue weighted by Crippen LogP contribution is 2.34. The molecule has 1 aliphatic rings. The first-order valence-electron chi connectivity index (χ1n) is 7.42. The maximum absolute atomic E-state index is 4.92. The molecule has 2 rings (SSSR count). The molecule has 1 saturated heterocycles. The highest BCUT2D eigenvalue weighted by molar-refractivity contribution is 7.15. The minimum absolute atomic E-state index is 0.509. The van der Waals surface area contributed by atoms with Gasteiger partial charge < -0.3 is 10.2 Å². The van der Waals surface area contributed by atoms with Gasteiger partial charge in [0.15, 0.2) is 5.13 Å². The van der Waals surface area contributed by atoms with E-state index in [-0.39, 0.29) is 0 Å². The molecule has 0 aliphatic carbocycles. The Bertz CT molecular complexity index is 414. The second-order valence-corrected chi connectivity index (χ2v) is 7.24. The Morgan fingerprint density at radius 1 is 1.37 bits per heavy atom. The van der Waals surface area contributed by atoms with Crippen molar-refractivity contribution in [2.45, 2.75) is 46.6 Å². The van der Waals surface area contributed by atoms with Crippen molar-refractivity contribution in [1.29, 1.82) is 0 Å². The first-order valence-corrected chi connectivity index (χ1v) is 8.23. The van der Waals surface area contributed by atoms with E-state index in [4.69, 9.17) is 4.98 Å². The van der Waals surface area contributed by atoms with Gasteiger partial charge in [-0.25, -0.2) is 4.98 Å². The molecule has 1 aliphatic heterocycles. The Morgan fingerprint density at radius 3 is 2.68 bits per heavy atom. The summed E-state index contributed by atoms with van der Waals surface area (Å²) in [4.78, 5) is 8.80. The van der Waals surface area contributed by atoms with Gasteiger partial charge in [-0.15, -0.1) is 11.3 Å². The van der Waals surface area contributed by atoms with Crippen LogP contribution in [0.5, 0.6) is 0 Å². The smallest absolute Gasteiger partial charge is 0.185 e. The van der Waals surface area contributed by atoms with E-state index < -0.39 is 0 Å². The van der Waals surface area contributed by atoms with Crippen molar-refractivity contribution in [1.82, 2.24) is 10.3 Å². The van der Waals surface area contributed by atoms with Gasteiger partial charge in [-0.3, -0.25) is 0 Å². The number of hydrogen-bond donors (Lipinski definition) is 1. The number of nitrogens with one attached hydrogen (secondary N) is 1. The lowest BCUT2D eigenvalue weighted by molar-refractivity contribution is 0.323. The fraction of sp³-hybridized carbons (Fsp3) is 0.800. The number of aromatic nitrogens is 1. The average Bonchev–Trinajstić information content (AvgIpc) is 2.77. The summed E-state index contributed by atoms with van der Waals surface area (Å²) >= 11 is 1.87. The molecular weight excluding hydrogens is 254 g/mol. The van der Waals surface area contributed by atoms with Gasteiger partial charge in [0.1, 0.15) is 0 Å². The van der Waals surface area contributed by atoms with E-state index in [1.165, 1.54) is 22.1 Å². The largest absolute Gasteiger partial charge is 0.348 e. The molecule has 0 spiro atoms. The summed E-state index contributed by atoms with van der Waals surface area (Å²) in [6.45, 7) is 12.5. The van der Waals surface area contributed by atoms with Crippen molar-refractivity contribution in [3.63, 3.8) is 0 Å². The predicted octanol–water partition coefficient (Wildman–Crippen LogP) is 3.47. The molecule has 19 heavy (non-hydrogen) atoms. The SMILES string of the molecule is CNCc1sc(N2CCC(C)C(C)C2)nc1C(C)C. The highest BCUT2D eigenvalue weighted by Gasteiger charge is 2.25. The van der Waals surface area contributed by atoms with Crippen molar-refractivity contribution in [3.05, 3.63) is 10.6 Å². The summed E-state index contributed by atoms with van der Waals surface area (Å²) < 4.78 is 0. The third-order valence-electron chi connectivity index (χ3n) is 4.21. The van der Waals surface area contributed by atoms with Gasteiger partial charge in [0, 0.05) is 24.5 Å². The van der Waals surface area contributed by atoms with Crippen LogP contribution in [0.25, 0.3) is 0 Å². The Balaban J connectivity index is 2.18. The zero-order valence-corrected chi connectivity index (χ0v) is 13.7. The molecule has 0 bridgehead atoms. The van der Waals surface area contributed by atoms with E-state index in [9.17, 15) is 0 Å². The van der Waals surface area contributed by atoms with Gasteiger partial charge in [-0.1, -0.05) is 27.7 Å². The Morgan fingerprint density at radius 2 is 2.11 bits per heavy atom. The quantitative estimate of drug-likeness (QED) is 0.916. The highest BCUT2D eigenvalue weighted by atomic mass is 32.1. The molecule has 1 N–H and O–H groups in total. The molecule has 108 valence electrons. The zero-order chi connectivity index (χ0) is 14.0. The maximum Gasteiger partial charge on any atom is 0.185 e. The molecule has 0 saturated carbocycles. The predicted molar refractivity (Wildman–Crippen MR) is 84.1 cm³/mol. The summed E-state index contributed by atoms with van der Waals surface area (Å²) in [5.74, 6) is 2.12. The minimum Gasteiger partial charge on any atom is -0.348 e. The van der Waals surface area contributed by atoms with Gasteiger partial charge in [0.25, 0.3) is 0 Å². The van der Waals surface area contributed by atoms with Crippen LogP contribution in [-0.4, -0.2) is 25.1 Å². The lowest BCUT2D eigenvalue weighted by Gasteiger charge is -2.35. The van der Waals surface area contributed by atoms with Gasteiger partial charge in [0.05, 0.1) is 5.69 Å². The summed E-state index contributed by atoms with van der Waals surface area (Å²) in [6.07, 6.45) is 1.29. The minimum atomic E-state index is 0.509. The Labute approximate surface area is 121 Å². The van der Waals surface area contributed by atoms with Crippen molar-refractivity contribution in [2.24, 2.45) is 11.8 Å². The van der Waals surface area contributed by atoms with Gasteiger partial charge >= 0.3 is 0 Å². The summed E-state index contributed by atoms with van der Waals surface area (Å²) in [6, 6.07) is 0. The number of thiazole rings is 1. The van der Waals surface area contributed by atoms with Crippen molar-refractivity contribution >= 4 is 16.5 Å². The van der Waals surface area contributed by atoms with Crippen LogP contribution in [0, 0.1) is 11.8 Å². The van der Waals surface area contributed by atoms with E-state index in [1.54, 1.807) is 0 Å². The second-order valence-electron chi connectivity index (χ2n) is 6.18. The van der Waals surface area contributed by atoms with Crippen molar-refractivity contribution in [2.75, 3.05) is 25.0 Å². The van der Waals surface area contributed by atoms with Gasteiger partial charge in [-0.2, -0.15) is 0 Å². The molecule has 4 heteroatoms. The first-order chi connectivity index (χ1) is 9.02. The van der Waals surface area contributed by atoms with Gasteiger partial charge in [-0.05, 0) is 31.2 Å². The molecule has 1 aromatic heterocycles. The number of nitrogens with zero attached hydrogens (tertiary/aromatic N) is 2. The van der Waals surface area contributed by atoms with E-state index in [0.29, 0.717) is 5.92 Å². The summed E-state index contributed by atoms with van der Waals surface area (Å²) in [7, 11) is 2.01. The van der Waals surface area contributed by atoms with Crippen LogP contribution in [-0.2, 0) is 6.54 Å². The molecular formula is C15H27N3S. The van der Waals surface area contributed by atoms with Crippen LogP contribution >= 0.6 is 11.3 Å². The van der Waals surface area contributed by atoms with E-state index in [1.807, 2.05) is 18.4 Å². The fourth-order valence-corrected chi connectivity index (χ4v) is 3.92. The standard InChI is InChI=1S/C15H27N3S/c1-10(2)14-13(8-16-5)19-15(17-14)18-7-6-11(3)12(4)9-18/h10-12,16H,6-9H2,1-5H3. The topological polar surface area (TPSA) is 28.2 Å². The van der Waals surface area contributed by atoms with Crippen LogP contribution in [0.15, 0.2) is 0 Å². The number of rotatable bonds is 4. The zero-order valence-electron chi connectivity index (χ0n) is 12.9. The molecule has 1 fully saturated rings. The van der Waals surface area contributed by atoms with Crippen LogP contribution in [0.4, 0.5) is 5.13 Å². The first kappa shape index (κ1) is 14.8. The lowest BCUT2D eigenvalue weighted by atomic mass is 9.89. The Hall–Kier alpha value is -0.610. The van der Waals surface area contributed by atoms with Crippen LogP contribution < -0.4 is 10.2 Å². The monoisotopic (exact) mass is 281 g/mol. The third kappa shape index (κ3) is 3.29. The Kier molecular flexibility index (Phi) is 4.85. The number of piperidine rings is 1. The molecule has 2 unspecified atom stereocenters. The third-order valence-corrected chi connectivity index (χ3v) is 5.34. The van der Waals surface area contributed by atoms with E-state index >= 15 is 0 Å². The summed E-state index contributed by atoms with van der Waals surface area (Å²) in [5, 5.41) is 4.49. The molecule has 2 heterocycles. The number of hydrogen-bond acceptors (Lipinski definition) is 4. The second kappa shape index (κ2) is 6.23. The molecule has 0 radical (unpaired) electrons.